The average Bonchev–Trinajstić information content (AvgIpc) is 3.17. The summed E-state index contributed by atoms with van der Waals surface area (Å²) < 4.78 is 16.0. The van der Waals surface area contributed by atoms with E-state index in [4.69, 9.17) is 19.3 Å². The van der Waals surface area contributed by atoms with Crippen LogP contribution in [0.2, 0.25) is 0 Å². The van der Waals surface area contributed by atoms with Gasteiger partial charge in [-0.1, -0.05) is 0 Å². The normalized spacial score (nSPS) is 15.8. The number of ether oxygens (including phenoxy) is 3. The Balaban J connectivity index is 2.48. The van der Waals surface area contributed by atoms with Crippen LogP contribution < -0.4 is 9.47 Å². The van der Waals surface area contributed by atoms with Crippen LogP contribution in [-0.4, -0.2) is 32.4 Å². The topological polar surface area (TPSA) is 65.0 Å². The van der Waals surface area contributed by atoms with E-state index in [1.807, 2.05) is 12.1 Å². The molecule has 1 aliphatic rings. The molecule has 0 unspecified atom stereocenters. The summed E-state index contributed by atoms with van der Waals surface area (Å²) in [4.78, 5) is 11.1. The number of carboxylic acid groups (broad SMARTS) is 1. The molecule has 1 aromatic rings. The summed E-state index contributed by atoms with van der Waals surface area (Å²) in [7, 11) is 4.80. The summed E-state index contributed by atoms with van der Waals surface area (Å²) >= 11 is 0. The molecule has 0 saturated heterocycles. The molecule has 5 nitrogen and oxygen atoms in total. The van der Waals surface area contributed by atoms with Crippen molar-refractivity contribution in [2.24, 2.45) is 0 Å². The van der Waals surface area contributed by atoms with E-state index >= 15 is 0 Å². The third-order valence-corrected chi connectivity index (χ3v) is 3.75. The first-order valence-electron chi connectivity index (χ1n) is 6.52. The molecular formula is C15H20O5. The van der Waals surface area contributed by atoms with Crippen molar-refractivity contribution in [2.75, 3.05) is 21.3 Å². The number of benzene rings is 1. The van der Waals surface area contributed by atoms with Gasteiger partial charge in [-0.15, -0.1) is 0 Å². The van der Waals surface area contributed by atoms with Gasteiger partial charge in [0, 0.05) is 18.1 Å². The van der Waals surface area contributed by atoms with E-state index in [2.05, 4.69) is 0 Å². The Hall–Kier alpha value is -1.75. The van der Waals surface area contributed by atoms with Crippen molar-refractivity contribution in [2.45, 2.75) is 31.3 Å². The number of hydrogen-bond donors (Lipinski definition) is 1. The number of methoxy groups -OCH3 is 3. The summed E-state index contributed by atoms with van der Waals surface area (Å²) in [6, 6.07) is 3.78. The van der Waals surface area contributed by atoms with Gasteiger partial charge in [-0.2, -0.15) is 0 Å². The van der Waals surface area contributed by atoms with Crippen LogP contribution in [0, 0.1) is 0 Å². The molecule has 0 aromatic heterocycles. The van der Waals surface area contributed by atoms with E-state index in [0.717, 1.165) is 24.0 Å². The highest BCUT2D eigenvalue weighted by Crippen LogP contribution is 2.57. The van der Waals surface area contributed by atoms with Crippen LogP contribution in [0.4, 0.5) is 0 Å². The van der Waals surface area contributed by atoms with Crippen molar-refractivity contribution in [3.63, 3.8) is 0 Å². The molecule has 5 heteroatoms. The van der Waals surface area contributed by atoms with E-state index in [0.29, 0.717) is 18.1 Å². The molecule has 0 atom stereocenters. The Morgan fingerprint density at radius 1 is 1.20 bits per heavy atom. The molecule has 1 saturated carbocycles. The lowest BCUT2D eigenvalue weighted by molar-refractivity contribution is -0.137. The van der Waals surface area contributed by atoms with Crippen LogP contribution in [0.5, 0.6) is 11.5 Å². The monoisotopic (exact) mass is 280 g/mol. The second kappa shape index (κ2) is 5.71. The molecular weight excluding hydrogens is 260 g/mol. The first kappa shape index (κ1) is 14.7. The van der Waals surface area contributed by atoms with Crippen molar-refractivity contribution in [3.8, 4) is 11.5 Å². The maximum atomic E-state index is 11.1. The standard InChI is InChI=1S/C15H20O5/c1-18-9-10-6-11(19-2)14(12(7-10)20-3)15(4-5-15)8-13(16)17/h6-7H,4-5,8-9H2,1-3H3,(H,16,17). The third kappa shape index (κ3) is 2.72. The predicted octanol–water partition coefficient (Wildman–Crippen LogP) is 2.36. The lowest BCUT2D eigenvalue weighted by Crippen LogP contribution is -2.16. The van der Waals surface area contributed by atoms with Gasteiger partial charge in [0.15, 0.2) is 0 Å². The van der Waals surface area contributed by atoms with Crippen molar-refractivity contribution in [3.05, 3.63) is 23.3 Å². The van der Waals surface area contributed by atoms with E-state index in [1.54, 1.807) is 21.3 Å². The maximum Gasteiger partial charge on any atom is 0.304 e. The minimum absolute atomic E-state index is 0.101. The molecule has 1 N–H and O–H groups in total. The molecule has 0 radical (unpaired) electrons. The van der Waals surface area contributed by atoms with Crippen LogP contribution in [-0.2, 0) is 21.6 Å². The van der Waals surface area contributed by atoms with Crippen LogP contribution in [0.25, 0.3) is 0 Å². The first-order chi connectivity index (χ1) is 9.56. The highest BCUT2D eigenvalue weighted by Gasteiger charge is 2.49. The Bertz CT molecular complexity index is 480. The number of hydrogen-bond acceptors (Lipinski definition) is 4. The van der Waals surface area contributed by atoms with Gasteiger partial charge in [0.25, 0.3) is 0 Å². The maximum absolute atomic E-state index is 11.1. The van der Waals surface area contributed by atoms with Crippen molar-refractivity contribution < 1.29 is 24.1 Å². The fourth-order valence-electron chi connectivity index (χ4n) is 2.69. The Morgan fingerprint density at radius 2 is 1.75 bits per heavy atom. The molecule has 2 rings (SSSR count). The Kier molecular flexibility index (Phi) is 4.18. The van der Waals surface area contributed by atoms with E-state index in [-0.39, 0.29) is 11.8 Å². The number of carboxylic acids is 1. The highest BCUT2D eigenvalue weighted by molar-refractivity contribution is 5.71. The number of aliphatic carboxylic acids is 1. The third-order valence-electron chi connectivity index (χ3n) is 3.75. The van der Waals surface area contributed by atoms with Gasteiger partial charge in [-0.3, -0.25) is 4.79 Å². The van der Waals surface area contributed by atoms with Crippen molar-refractivity contribution in [1.29, 1.82) is 0 Å². The van der Waals surface area contributed by atoms with Gasteiger partial charge in [0.2, 0.25) is 0 Å². The molecule has 1 aliphatic carbocycles. The SMILES string of the molecule is COCc1cc(OC)c(C2(CC(=O)O)CC2)c(OC)c1. The highest BCUT2D eigenvalue weighted by atomic mass is 16.5. The van der Waals surface area contributed by atoms with E-state index in [9.17, 15) is 4.79 Å². The number of carbonyl (C=O) groups is 1. The second-order valence-electron chi connectivity index (χ2n) is 5.16. The van der Waals surface area contributed by atoms with Crippen molar-refractivity contribution in [1.82, 2.24) is 0 Å². The van der Waals surface area contributed by atoms with E-state index in [1.165, 1.54) is 0 Å². The first-order valence-corrected chi connectivity index (χ1v) is 6.52. The summed E-state index contributed by atoms with van der Waals surface area (Å²) in [5, 5.41) is 9.11. The van der Waals surface area contributed by atoms with Gasteiger partial charge in [-0.05, 0) is 30.5 Å². The molecule has 0 heterocycles. The van der Waals surface area contributed by atoms with Gasteiger partial charge in [-0.25, -0.2) is 0 Å². The molecule has 1 aromatic carbocycles. The molecule has 0 spiro atoms. The van der Waals surface area contributed by atoms with Gasteiger partial charge in [0.05, 0.1) is 27.2 Å². The van der Waals surface area contributed by atoms with Crippen LogP contribution in [0.15, 0.2) is 12.1 Å². The summed E-state index contributed by atoms with van der Waals surface area (Å²) in [5.74, 6) is 0.554. The fourth-order valence-corrected chi connectivity index (χ4v) is 2.69. The van der Waals surface area contributed by atoms with Crippen LogP contribution in [0.3, 0.4) is 0 Å². The van der Waals surface area contributed by atoms with Gasteiger partial charge < -0.3 is 19.3 Å². The van der Waals surface area contributed by atoms with Gasteiger partial charge in [0.1, 0.15) is 11.5 Å². The second-order valence-corrected chi connectivity index (χ2v) is 5.16. The molecule has 0 amide bonds. The Labute approximate surface area is 118 Å². The quantitative estimate of drug-likeness (QED) is 0.830. The minimum Gasteiger partial charge on any atom is -0.496 e. The van der Waals surface area contributed by atoms with Crippen molar-refractivity contribution >= 4 is 5.97 Å². The molecule has 20 heavy (non-hydrogen) atoms. The summed E-state index contributed by atoms with van der Waals surface area (Å²) in [6.45, 7) is 0.457. The lowest BCUT2D eigenvalue weighted by Gasteiger charge is -2.21. The van der Waals surface area contributed by atoms with E-state index < -0.39 is 5.97 Å². The minimum atomic E-state index is -0.799. The zero-order valence-corrected chi connectivity index (χ0v) is 12.1. The zero-order valence-electron chi connectivity index (χ0n) is 12.1. The smallest absolute Gasteiger partial charge is 0.304 e. The van der Waals surface area contributed by atoms with Gasteiger partial charge >= 0.3 is 5.97 Å². The predicted molar refractivity (Wildman–Crippen MR) is 73.4 cm³/mol. The Morgan fingerprint density at radius 3 is 2.10 bits per heavy atom. The summed E-state index contributed by atoms with van der Waals surface area (Å²) in [5.41, 5.74) is 1.45. The van der Waals surface area contributed by atoms with Crippen LogP contribution >= 0.6 is 0 Å². The fraction of sp³-hybridized carbons (Fsp3) is 0.533. The average molecular weight is 280 g/mol. The molecule has 1 fully saturated rings. The number of rotatable bonds is 7. The molecule has 0 aliphatic heterocycles. The molecule has 0 bridgehead atoms. The van der Waals surface area contributed by atoms with Crippen LogP contribution in [0.1, 0.15) is 30.4 Å². The molecule has 110 valence electrons. The zero-order chi connectivity index (χ0) is 14.8. The largest absolute Gasteiger partial charge is 0.496 e. The lowest BCUT2D eigenvalue weighted by atomic mass is 9.89. The summed E-state index contributed by atoms with van der Waals surface area (Å²) in [6.07, 6.45) is 1.79.